The molecule has 1 aromatic heterocycles. The minimum atomic E-state index is -3.45. The molecule has 1 N–H and O–H groups in total. The molecule has 1 atom stereocenters. The van der Waals surface area contributed by atoms with Gasteiger partial charge in [0.2, 0.25) is 10.0 Å². The van der Waals surface area contributed by atoms with Gasteiger partial charge in [0.1, 0.15) is 16.5 Å². The first-order chi connectivity index (χ1) is 12.5. The van der Waals surface area contributed by atoms with E-state index in [2.05, 4.69) is 10.3 Å². The largest absolute Gasteiger partial charge is 0.496 e. The lowest BCUT2D eigenvalue weighted by Crippen LogP contribution is -2.35. The SMILES string of the molecule is COc1ccccc1[C@H](C)Nc1ccc(S(=O)(=O)N2CCCCC2)cn1. The van der Waals surface area contributed by atoms with Crippen molar-refractivity contribution in [2.45, 2.75) is 37.1 Å². The molecule has 6 nitrogen and oxygen atoms in total. The van der Waals surface area contributed by atoms with Crippen LogP contribution in [0.5, 0.6) is 5.75 Å². The van der Waals surface area contributed by atoms with E-state index in [0.29, 0.717) is 18.9 Å². The van der Waals surface area contributed by atoms with Crippen LogP contribution in [0.4, 0.5) is 5.82 Å². The Morgan fingerprint density at radius 2 is 1.85 bits per heavy atom. The number of hydrogen-bond donors (Lipinski definition) is 1. The first-order valence-electron chi connectivity index (χ1n) is 8.88. The number of rotatable bonds is 6. The minimum absolute atomic E-state index is 0.0248. The van der Waals surface area contributed by atoms with Gasteiger partial charge in [0.05, 0.1) is 13.2 Å². The van der Waals surface area contributed by atoms with E-state index >= 15 is 0 Å². The molecule has 1 aromatic carbocycles. The number of ether oxygens (including phenoxy) is 1. The lowest BCUT2D eigenvalue weighted by Gasteiger charge is -2.25. The molecule has 0 saturated carbocycles. The second-order valence-electron chi connectivity index (χ2n) is 6.45. The summed E-state index contributed by atoms with van der Waals surface area (Å²) in [7, 11) is -1.80. The normalized spacial score (nSPS) is 16.8. The minimum Gasteiger partial charge on any atom is -0.496 e. The summed E-state index contributed by atoms with van der Waals surface area (Å²) in [5, 5.41) is 3.29. The van der Waals surface area contributed by atoms with E-state index in [1.165, 1.54) is 6.20 Å². The van der Waals surface area contributed by atoms with Crippen LogP contribution in [0.25, 0.3) is 0 Å². The molecule has 1 aliphatic heterocycles. The number of aromatic nitrogens is 1. The highest BCUT2D eigenvalue weighted by atomic mass is 32.2. The van der Waals surface area contributed by atoms with Gasteiger partial charge in [-0.15, -0.1) is 0 Å². The summed E-state index contributed by atoms with van der Waals surface area (Å²) >= 11 is 0. The van der Waals surface area contributed by atoms with Crippen molar-refractivity contribution in [1.29, 1.82) is 0 Å². The van der Waals surface area contributed by atoms with Crippen LogP contribution in [0.1, 0.15) is 37.8 Å². The molecule has 140 valence electrons. The van der Waals surface area contributed by atoms with Gasteiger partial charge in [-0.3, -0.25) is 0 Å². The van der Waals surface area contributed by atoms with Gasteiger partial charge in [0.15, 0.2) is 0 Å². The summed E-state index contributed by atoms with van der Waals surface area (Å²) in [6.07, 6.45) is 4.36. The maximum Gasteiger partial charge on any atom is 0.244 e. The van der Waals surface area contributed by atoms with E-state index in [-0.39, 0.29) is 10.9 Å². The van der Waals surface area contributed by atoms with Gasteiger partial charge in [-0.1, -0.05) is 24.6 Å². The Bertz CT molecular complexity index is 831. The second kappa shape index (κ2) is 8.05. The van der Waals surface area contributed by atoms with Crippen molar-refractivity contribution in [2.75, 3.05) is 25.5 Å². The van der Waals surface area contributed by atoms with Crippen molar-refractivity contribution in [1.82, 2.24) is 9.29 Å². The molecular formula is C19H25N3O3S. The van der Waals surface area contributed by atoms with Crippen molar-refractivity contribution in [2.24, 2.45) is 0 Å². The Morgan fingerprint density at radius 3 is 2.50 bits per heavy atom. The van der Waals surface area contributed by atoms with E-state index in [0.717, 1.165) is 30.6 Å². The average molecular weight is 375 g/mol. The molecule has 0 amide bonds. The summed E-state index contributed by atoms with van der Waals surface area (Å²) in [6, 6.07) is 11.1. The molecule has 7 heteroatoms. The van der Waals surface area contributed by atoms with Gasteiger partial charge >= 0.3 is 0 Å². The number of para-hydroxylation sites is 1. The molecule has 2 heterocycles. The Balaban J connectivity index is 1.73. The highest BCUT2D eigenvalue weighted by molar-refractivity contribution is 7.89. The smallest absolute Gasteiger partial charge is 0.244 e. The van der Waals surface area contributed by atoms with Crippen molar-refractivity contribution in [3.63, 3.8) is 0 Å². The van der Waals surface area contributed by atoms with E-state index in [1.807, 2.05) is 31.2 Å². The summed E-state index contributed by atoms with van der Waals surface area (Å²) in [4.78, 5) is 4.55. The fraction of sp³-hybridized carbons (Fsp3) is 0.421. The summed E-state index contributed by atoms with van der Waals surface area (Å²) in [5.41, 5.74) is 1.02. The lowest BCUT2D eigenvalue weighted by molar-refractivity contribution is 0.346. The van der Waals surface area contributed by atoms with Crippen molar-refractivity contribution >= 4 is 15.8 Å². The highest BCUT2D eigenvalue weighted by Gasteiger charge is 2.26. The van der Waals surface area contributed by atoms with Crippen molar-refractivity contribution < 1.29 is 13.2 Å². The van der Waals surface area contributed by atoms with Gasteiger partial charge in [-0.05, 0) is 38.0 Å². The third kappa shape index (κ3) is 3.99. The number of sulfonamides is 1. The Kier molecular flexibility index (Phi) is 5.78. The number of benzene rings is 1. The summed E-state index contributed by atoms with van der Waals surface area (Å²) in [6.45, 7) is 3.19. The zero-order chi connectivity index (χ0) is 18.6. The summed E-state index contributed by atoms with van der Waals surface area (Å²) < 4.78 is 32.3. The third-order valence-electron chi connectivity index (χ3n) is 4.66. The summed E-state index contributed by atoms with van der Waals surface area (Å²) in [5.74, 6) is 1.43. The molecule has 3 rings (SSSR count). The number of anilines is 1. The molecule has 1 fully saturated rings. The van der Waals surface area contributed by atoms with Gasteiger partial charge in [0, 0.05) is 24.8 Å². The topological polar surface area (TPSA) is 71.5 Å². The lowest BCUT2D eigenvalue weighted by atomic mass is 10.1. The number of methoxy groups -OCH3 is 1. The van der Waals surface area contributed by atoms with Gasteiger partial charge in [-0.2, -0.15) is 4.31 Å². The fourth-order valence-electron chi connectivity index (χ4n) is 3.20. The molecule has 1 saturated heterocycles. The van der Waals surface area contributed by atoms with Crippen LogP contribution in [0.15, 0.2) is 47.5 Å². The highest BCUT2D eigenvalue weighted by Crippen LogP contribution is 2.27. The van der Waals surface area contributed by atoms with Crippen LogP contribution < -0.4 is 10.1 Å². The maximum absolute atomic E-state index is 12.7. The van der Waals surface area contributed by atoms with Gasteiger partial charge in [-0.25, -0.2) is 13.4 Å². The number of hydrogen-bond acceptors (Lipinski definition) is 5. The first-order valence-corrected chi connectivity index (χ1v) is 10.3. The predicted molar refractivity (Wildman–Crippen MR) is 102 cm³/mol. The molecular weight excluding hydrogens is 350 g/mol. The second-order valence-corrected chi connectivity index (χ2v) is 8.39. The van der Waals surface area contributed by atoms with Crippen LogP contribution in [0, 0.1) is 0 Å². The zero-order valence-electron chi connectivity index (χ0n) is 15.2. The standard InChI is InChI=1S/C19H25N3O3S/c1-15(17-8-4-5-9-18(17)25-2)21-19-11-10-16(14-20-19)26(23,24)22-12-6-3-7-13-22/h4-5,8-11,14-15H,3,6-7,12-13H2,1-2H3,(H,20,21)/t15-/m0/s1. The average Bonchev–Trinajstić information content (AvgIpc) is 2.69. The van der Waals surface area contributed by atoms with E-state index in [1.54, 1.807) is 23.5 Å². The predicted octanol–water partition coefficient (Wildman–Crippen LogP) is 3.44. The molecule has 0 spiro atoms. The Labute approximate surface area is 155 Å². The van der Waals surface area contributed by atoms with Gasteiger partial charge in [0.25, 0.3) is 0 Å². The molecule has 0 radical (unpaired) electrons. The number of nitrogens with one attached hydrogen (secondary N) is 1. The van der Waals surface area contributed by atoms with E-state index < -0.39 is 10.0 Å². The molecule has 2 aromatic rings. The molecule has 0 aliphatic carbocycles. The van der Waals surface area contributed by atoms with E-state index in [9.17, 15) is 8.42 Å². The van der Waals surface area contributed by atoms with Gasteiger partial charge < -0.3 is 10.1 Å². The molecule has 0 unspecified atom stereocenters. The van der Waals surface area contributed by atoms with Crippen LogP contribution in [-0.4, -0.2) is 37.9 Å². The fourth-order valence-corrected chi connectivity index (χ4v) is 4.66. The quantitative estimate of drug-likeness (QED) is 0.837. The van der Waals surface area contributed by atoms with Crippen molar-refractivity contribution in [3.8, 4) is 5.75 Å². The van der Waals surface area contributed by atoms with Crippen LogP contribution >= 0.6 is 0 Å². The zero-order valence-corrected chi connectivity index (χ0v) is 16.0. The van der Waals surface area contributed by atoms with Crippen LogP contribution in [-0.2, 0) is 10.0 Å². The Hall–Kier alpha value is -2.12. The number of pyridine rings is 1. The Morgan fingerprint density at radius 1 is 1.12 bits per heavy atom. The third-order valence-corrected chi connectivity index (χ3v) is 6.54. The maximum atomic E-state index is 12.7. The van der Waals surface area contributed by atoms with E-state index in [4.69, 9.17) is 4.74 Å². The van der Waals surface area contributed by atoms with Crippen LogP contribution in [0.3, 0.4) is 0 Å². The van der Waals surface area contributed by atoms with Crippen molar-refractivity contribution in [3.05, 3.63) is 48.2 Å². The molecule has 0 bridgehead atoms. The molecule has 26 heavy (non-hydrogen) atoms. The monoisotopic (exact) mass is 375 g/mol. The first kappa shape index (κ1) is 18.7. The number of piperidine rings is 1. The number of nitrogens with zero attached hydrogens (tertiary/aromatic N) is 2. The van der Waals surface area contributed by atoms with Crippen LogP contribution in [0.2, 0.25) is 0 Å². The molecule has 1 aliphatic rings.